The normalized spacial score (nSPS) is 15.8. The molecule has 1 aromatic heterocycles. The van der Waals surface area contributed by atoms with Crippen molar-refractivity contribution in [1.82, 2.24) is 9.62 Å². The van der Waals surface area contributed by atoms with Gasteiger partial charge in [-0.05, 0) is 56.3 Å². The van der Waals surface area contributed by atoms with Crippen LogP contribution in [0.4, 0.5) is 5.69 Å². The van der Waals surface area contributed by atoms with Crippen molar-refractivity contribution in [1.29, 1.82) is 0 Å². The number of carbonyl (C=O) groups is 2. The molecule has 1 atom stereocenters. The smallest absolute Gasteiger partial charge is 0.261 e. The van der Waals surface area contributed by atoms with E-state index in [1.54, 1.807) is 43.5 Å². The van der Waals surface area contributed by atoms with Crippen LogP contribution >= 0.6 is 11.3 Å². The highest BCUT2D eigenvalue weighted by Crippen LogP contribution is 2.31. The van der Waals surface area contributed by atoms with Crippen molar-refractivity contribution < 1.29 is 22.7 Å². The summed E-state index contributed by atoms with van der Waals surface area (Å²) in [6, 6.07) is 7.18. The van der Waals surface area contributed by atoms with Crippen LogP contribution in [0, 0.1) is 0 Å². The second kappa shape index (κ2) is 10.3. The number of thiophene rings is 1. The molecule has 0 aliphatic carbocycles. The Morgan fingerprint density at radius 2 is 1.94 bits per heavy atom. The molecule has 31 heavy (non-hydrogen) atoms. The highest BCUT2D eigenvalue weighted by Gasteiger charge is 2.29. The molecular weight excluding hydrogens is 438 g/mol. The fourth-order valence-electron chi connectivity index (χ4n) is 3.30. The first-order valence-electron chi connectivity index (χ1n) is 10.2. The number of piperidine rings is 1. The van der Waals surface area contributed by atoms with E-state index in [1.807, 2.05) is 0 Å². The van der Waals surface area contributed by atoms with Crippen molar-refractivity contribution in [2.75, 3.05) is 25.0 Å². The van der Waals surface area contributed by atoms with Crippen LogP contribution in [0.1, 0.15) is 42.8 Å². The molecular formula is C21H27N3O5S2. The third kappa shape index (κ3) is 5.63. The number of hydrogen-bond donors (Lipinski definition) is 2. The van der Waals surface area contributed by atoms with Gasteiger partial charge in [0.05, 0.1) is 11.5 Å². The van der Waals surface area contributed by atoms with Crippen molar-refractivity contribution in [3.8, 4) is 5.75 Å². The van der Waals surface area contributed by atoms with E-state index in [-0.39, 0.29) is 16.6 Å². The average Bonchev–Trinajstić information content (AvgIpc) is 3.30. The van der Waals surface area contributed by atoms with Gasteiger partial charge in [0.15, 0.2) is 0 Å². The van der Waals surface area contributed by atoms with Crippen molar-refractivity contribution >= 4 is 38.9 Å². The Kier molecular flexibility index (Phi) is 7.69. The van der Waals surface area contributed by atoms with Gasteiger partial charge in [-0.1, -0.05) is 12.5 Å². The van der Waals surface area contributed by atoms with E-state index in [4.69, 9.17) is 4.74 Å². The Balaban J connectivity index is 1.77. The summed E-state index contributed by atoms with van der Waals surface area (Å²) in [6.45, 7) is 4.61. The molecule has 0 bridgehead atoms. The first-order valence-corrected chi connectivity index (χ1v) is 12.6. The maximum Gasteiger partial charge on any atom is 0.261 e. The van der Waals surface area contributed by atoms with Crippen molar-refractivity contribution in [2.24, 2.45) is 0 Å². The van der Waals surface area contributed by atoms with Gasteiger partial charge in [-0.15, -0.1) is 11.3 Å². The number of amides is 2. The van der Waals surface area contributed by atoms with E-state index >= 15 is 0 Å². The van der Waals surface area contributed by atoms with Gasteiger partial charge in [0.25, 0.3) is 5.91 Å². The number of nitrogens with one attached hydrogen (secondary N) is 2. The van der Waals surface area contributed by atoms with Crippen LogP contribution in [0.25, 0.3) is 0 Å². The lowest BCUT2D eigenvalue weighted by Crippen LogP contribution is -2.41. The fraction of sp³-hybridized carbons (Fsp3) is 0.429. The van der Waals surface area contributed by atoms with E-state index in [1.165, 1.54) is 21.7 Å². The Morgan fingerprint density at radius 3 is 2.58 bits per heavy atom. The first kappa shape index (κ1) is 23.2. The van der Waals surface area contributed by atoms with E-state index < -0.39 is 22.0 Å². The second-order valence-corrected chi connectivity index (χ2v) is 10.1. The Labute approximate surface area is 186 Å². The Hall–Kier alpha value is -2.43. The second-order valence-electron chi connectivity index (χ2n) is 7.22. The summed E-state index contributed by atoms with van der Waals surface area (Å²) in [5.41, 5.74) is 0.321. The monoisotopic (exact) mass is 465 g/mol. The third-order valence-corrected chi connectivity index (χ3v) is 7.72. The summed E-state index contributed by atoms with van der Waals surface area (Å²) in [5.74, 6) is -0.529. The standard InChI is InChI=1S/C21H27N3O5S2/c1-3-29-17-10-9-16(14-19(17)31(27,28)24-11-5-4-6-12-24)23-20(25)15(2)22-21(26)18-8-7-13-30-18/h7-10,13-15H,3-6,11-12H2,1-2H3,(H,22,26)(H,23,25). The maximum absolute atomic E-state index is 13.2. The number of anilines is 1. The summed E-state index contributed by atoms with van der Waals surface area (Å²) in [5, 5.41) is 7.11. The van der Waals surface area contributed by atoms with Crippen LogP contribution < -0.4 is 15.4 Å². The zero-order valence-corrected chi connectivity index (χ0v) is 19.2. The lowest BCUT2D eigenvalue weighted by atomic mass is 10.2. The molecule has 0 radical (unpaired) electrons. The van der Waals surface area contributed by atoms with Crippen LogP contribution in [-0.2, 0) is 14.8 Å². The van der Waals surface area contributed by atoms with Crippen LogP contribution in [-0.4, -0.2) is 50.3 Å². The van der Waals surface area contributed by atoms with Gasteiger partial charge in [-0.2, -0.15) is 4.31 Å². The topological polar surface area (TPSA) is 105 Å². The molecule has 2 aromatic rings. The van der Waals surface area contributed by atoms with Crippen LogP contribution in [0.2, 0.25) is 0 Å². The Morgan fingerprint density at radius 1 is 1.19 bits per heavy atom. The summed E-state index contributed by atoms with van der Waals surface area (Å²) in [6.07, 6.45) is 2.65. The molecule has 1 fully saturated rings. The quantitative estimate of drug-likeness (QED) is 0.623. The largest absolute Gasteiger partial charge is 0.492 e. The molecule has 2 N–H and O–H groups in total. The average molecular weight is 466 g/mol. The van der Waals surface area contributed by atoms with E-state index in [2.05, 4.69) is 10.6 Å². The van der Waals surface area contributed by atoms with Gasteiger partial charge in [-0.25, -0.2) is 8.42 Å². The van der Waals surface area contributed by atoms with Gasteiger partial charge in [0.2, 0.25) is 15.9 Å². The predicted octanol–water partition coefficient (Wildman–Crippen LogP) is 3.08. The predicted molar refractivity (Wildman–Crippen MR) is 120 cm³/mol. The van der Waals surface area contributed by atoms with Crippen molar-refractivity contribution in [2.45, 2.75) is 44.0 Å². The maximum atomic E-state index is 13.2. The molecule has 0 spiro atoms. The summed E-state index contributed by atoms with van der Waals surface area (Å²) in [7, 11) is -3.75. The third-order valence-electron chi connectivity index (χ3n) is 4.93. The molecule has 1 saturated heterocycles. The van der Waals surface area contributed by atoms with Crippen LogP contribution in [0.3, 0.4) is 0 Å². The molecule has 10 heteroatoms. The van der Waals surface area contributed by atoms with Gasteiger partial charge in [0, 0.05) is 18.8 Å². The summed E-state index contributed by atoms with van der Waals surface area (Å²) < 4.78 is 33.4. The van der Waals surface area contributed by atoms with Gasteiger partial charge >= 0.3 is 0 Å². The van der Waals surface area contributed by atoms with Crippen molar-refractivity contribution in [3.05, 3.63) is 40.6 Å². The molecule has 8 nitrogen and oxygen atoms in total. The number of ether oxygens (including phenoxy) is 1. The SMILES string of the molecule is CCOc1ccc(NC(=O)C(C)NC(=O)c2cccs2)cc1S(=O)(=O)N1CCCCC1. The minimum atomic E-state index is -3.75. The highest BCUT2D eigenvalue weighted by atomic mass is 32.2. The fourth-order valence-corrected chi connectivity index (χ4v) is 5.60. The lowest BCUT2D eigenvalue weighted by Gasteiger charge is -2.27. The van der Waals surface area contributed by atoms with E-state index in [0.29, 0.717) is 30.3 Å². The summed E-state index contributed by atoms with van der Waals surface area (Å²) in [4.78, 5) is 25.3. The number of carbonyl (C=O) groups excluding carboxylic acids is 2. The zero-order chi connectivity index (χ0) is 22.4. The van der Waals surface area contributed by atoms with Gasteiger partial charge < -0.3 is 15.4 Å². The number of rotatable bonds is 8. The number of hydrogen-bond acceptors (Lipinski definition) is 6. The molecule has 1 unspecified atom stereocenters. The number of sulfonamides is 1. The Bertz CT molecular complexity index is 1020. The molecule has 2 heterocycles. The molecule has 1 aliphatic rings. The molecule has 2 amide bonds. The lowest BCUT2D eigenvalue weighted by molar-refractivity contribution is -0.117. The van der Waals surface area contributed by atoms with Crippen LogP contribution in [0.5, 0.6) is 5.75 Å². The number of nitrogens with zero attached hydrogens (tertiary/aromatic N) is 1. The van der Waals surface area contributed by atoms with Crippen LogP contribution in [0.15, 0.2) is 40.6 Å². The van der Waals surface area contributed by atoms with E-state index in [9.17, 15) is 18.0 Å². The van der Waals surface area contributed by atoms with Crippen molar-refractivity contribution in [3.63, 3.8) is 0 Å². The molecule has 3 rings (SSSR count). The van der Waals surface area contributed by atoms with Gasteiger partial charge in [0.1, 0.15) is 16.7 Å². The molecule has 1 aliphatic heterocycles. The minimum absolute atomic E-state index is 0.0318. The summed E-state index contributed by atoms with van der Waals surface area (Å²) >= 11 is 1.28. The zero-order valence-electron chi connectivity index (χ0n) is 17.6. The minimum Gasteiger partial charge on any atom is -0.492 e. The van der Waals surface area contributed by atoms with E-state index in [0.717, 1.165) is 19.3 Å². The van der Waals surface area contributed by atoms with Gasteiger partial charge in [-0.3, -0.25) is 9.59 Å². The molecule has 0 saturated carbocycles. The number of benzene rings is 1. The molecule has 168 valence electrons. The molecule has 1 aromatic carbocycles. The first-order chi connectivity index (χ1) is 14.8. The highest BCUT2D eigenvalue weighted by molar-refractivity contribution is 7.89.